The maximum absolute atomic E-state index is 6.08. The van der Waals surface area contributed by atoms with Gasteiger partial charge in [-0.2, -0.15) is 19.7 Å². The zero-order chi connectivity index (χ0) is 22.7. The molecule has 6 rings (SSSR count). The fourth-order valence-electron chi connectivity index (χ4n) is 4.21. The molecule has 0 radical (unpaired) electrons. The molecule has 1 fully saturated rings. The molecule has 0 amide bonds. The molecule has 1 aliphatic carbocycles. The number of ether oxygens (including phenoxy) is 1. The smallest absolute Gasteiger partial charge is 0.219 e. The number of hydrogen-bond acceptors (Lipinski definition) is 6. The number of hydrogen-bond donors (Lipinski definition) is 1. The summed E-state index contributed by atoms with van der Waals surface area (Å²) < 4.78 is 9.81. The minimum atomic E-state index is 0.475. The third kappa shape index (κ3) is 4.47. The molecule has 1 aliphatic rings. The summed E-state index contributed by atoms with van der Waals surface area (Å²) in [7, 11) is 0. The van der Waals surface area contributed by atoms with Gasteiger partial charge in [-0.25, -0.2) is 0 Å². The number of anilines is 1. The van der Waals surface area contributed by atoms with E-state index in [4.69, 9.17) is 4.74 Å². The molecule has 170 valence electrons. The summed E-state index contributed by atoms with van der Waals surface area (Å²) in [6.07, 6.45) is 6.69. The Balaban J connectivity index is 1.10. The van der Waals surface area contributed by atoms with E-state index in [-0.39, 0.29) is 0 Å². The first kappa shape index (κ1) is 20.4. The molecule has 8 nitrogen and oxygen atoms in total. The zero-order valence-corrected chi connectivity index (χ0v) is 18.7. The fraction of sp³-hybridized carbons (Fsp3) is 0.231. The quantitative estimate of drug-likeness (QED) is 0.362. The molecule has 0 saturated heterocycles. The van der Waals surface area contributed by atoms with Crippen LogP contribution in [0.2, 0.25) is 0 Å². The molecule has 5 aromatic rings. The number of nitrogens with one attached hydrogen (secondary N) is 1. The molecule has 4 aromatic heterocycles. The average molecular weight is 452 g/mol. The minimum absolute atomic E-state index is 0.475. The molecule has 34 heavy (non-hydrogen) atoms. The van der Waals surface area contributed by atoms with E-state index in [1.807, 2.05) is 65.6 Å². The number of fused-ring (bicyclic) bond motifs is 1. The Kier molecular flexibility index (Phi) is 5.39. The molecule has 0 spiro atoms. The van der Waals surface area contributed by atoms with Gasteiger partial charge in [0.15, 0.2) is 5.65 Å². The molecular weight excluding hydrogens is 426 g/mol. The van der Waals surface area contributed by atoms with E-state index in [1.165, 1.54) is 5.56 Å². The summed E-state index contributed by atoms with van der Waals surface area (Å²) in [5, 5.41) is 12.5. The third-order valence-corrected chi connectivity index (χ3v) is 6.11. The third-order valence-electron chi connectivity index (χ3n) is 6.11. The molecule has 0 unspecified atom stereocenters. The summed E-state index contributed by atoms with van der Waals surface area (Å²) in [4.78, 5) is 9.07. The largest absolute Gasteiger partial charge is 0.477 e. The molecule has 1 saturated carbocycles. The van der Waals surface area contributed by atoms with E-state index in [0.29, 0.717) is 30.9 Å². The number of nitrogens with zero attached hydrogens (tertiary/aromatic N) is 6. The SMILES string of the molecule is c1ccc(Cn2ccc(CNc3cc(OC[C@H]4C[C@@H]4c4ccccn4)nc4ccnn34)n2)cc1. The van der Waals surface area contributed by atoms with Gasteiger partial charge < -0.3 is 10.1 Å². The van der Waals surface area contributed by atoms with Crippen LogP contribution in [0.4, 0.5) is 5.82 Å². The Bertz CT molecular complexity index is 1380. The summed E-state index contributed by atoms with van der Waals surface area (Å²) in [6, 6.07) is 22.2. The second kappa shape index (κ2) is 8.97. The molecule has 2 atom stereocenters. The Labute approximate surface area is 197 Å². The van der Waals surface area contributed by atoms with Crippen molar-refractivity contribution < 1.29 is 4.74 Å². The van der Waals surface area contributed by atoms with Crippen LogP contribution < -0.4 is 10.1 Å². The van der Waals surface area contributed by atoms with E-state index in [2.05, 4.69) is 43.7 Å². The number of aromatic nitrogens is 6. The predicted molar refractivity (Wildman–Crippen MR) is 129 cm³/mol. The van der Waals surface area contributed by atoms with Crippen LogP contribution in [0.5, 0.6) is 5.88 Å². The minimum Gasteiger partial charge on any atom is -0.477 e. The topological polar surface area (TPSA) is 82.2 Å². The Morgan fingerprint density at radius 2 is 1.91 bits per heavy atom. The van der Waals surface area contributed by atoms with Crippen molar-refractivity contribution in [3.8, 4) is 5.88 Å². The van der Waals surface area contributed by atoms with Crippen LogP contribution in [-0.4, -0.2) is 36.0 Å². The van der Waals surface area contributed by atoms with Crippen LogP contribution in [0, 0.1) is 5.92 Å². The Morgan fingerprint density at radius 1 is 1.00 bits per heavy atom. The van der Waals surface area contributed by atoms with Crippen molar-refractivity contribution in [2.75, 3.05) is 11.9 Å². The van der Waals surface area contributed by atoms with Crippen LogP contribution in [0.25, 0.3) is 5.65 Å². The van der Waals surface area contributed by atoms with Gasteiger partial charge in [0.1, 0.15) is 5.82 Å². The van der Waals surface area contributed by atoms with Gasteiger partial charge in [0, 0.05) is 42.1 Å². The van der Waals surface area contributed by atoms with E-state index >= 15 is 0 Å². The van der Waals surface area contributed by atoms with Crippen molar-refractivity contribution in [2.45, 2.75) is 25.4 Å². The van der Waals surface area contributed by atoms with E-state index in [9.17, 15) is 0 Å². The van der Waals surface area contributed by atoms with Crippen molar-refractivity contribution in [3.05, 3.63) is 102 Å². The first-order valence-corrected chi connectivity index (χ1v) is 11.5. The molecule has 4 heterocycles. The van der Waals surface area contributed by atoms with E-state index in [0.717, 1.165) is 35.8 Å². The van der Waals surface area contributed by atoms with Crippen LogP contribution >= 0.6 is 0 Å². The van der Waals surface area contributed by atoms with Crippen LogP contribution in [0.1, 0.15) is 29.3 Å². The van der Waals surface area contributed by atoms with Gasteiger partial charge in [-0.1, -0.05) is 36.4 Å². The van der Waals surface area contributed by atoms with Gasteiger partial charge in [-0.15, -0.1) is 0 Å². The Hall–Kier alpha value is -4.20. The average Bonchev–Trinajstić information content (AvgIpc) is 3.25. The normalized spacial score (nSPS) is 17.1. The maximum Gasteiger partial charge on any atom is 0.219 e. The van der Waals surface area contributed by atoms with Gasteiger partial charge in [0.05, 0.1) is 31.6 Å². The van der Waals surface area contributed by atoms with E-state index < -0.39 is 0 Å². The van der Waals surface area contributed by atoms with Gasteiger partial charge in [0.2, 0.25) is 5.88 Å². The first-order chi connectivity index (χ1) is 16.8. The van der Waals surface area contributed by atoms with Gasteiger partial charge in [-0.05, 0) is 30.2 Å². The number of benzene rings is 1. The molecule has 1 N–H and O–H groups in total. The van der Waals surface area contributed by atoms with E-state index in [1.54, 1.807) is 10.7 Å². The highest BCUT2D eigenvalue weighted by Crippen LogP contribution is 2.46. The maximum atomic E-state index is 6.08. The first-order valence-electron chi connectivity index (χ1n) is 11.5. The number of pyridine rings is 1. The van der Waals surface area contributed by atoms with Gasteiger partial charge in [-0.3, -0.25) is 9.67 Å². The van der Waals surface area contributed by atoms with Crippen molar-refractivity contribution in [3.63, 3.8) is 0 Å². The molecule has 1 aromatic carbocycles. The molecule has 8 heteroatoms. The Morgan fingerprint density at radius 3 is 2.79 bits per heavy atom. The predicted octanol–water partition coefficient (Wildman–Crippen LogP) is 4.16. The van der Waals surface area contributed by atoms with Crippen LogP contribution in [-0.2, 0) is 13.1 Å². The van der Waals surface area contributed by atoms with Gasteiger partial charge >= 0.3 is 0 Å². The van der Waals surface area contributed by atoms with Gasteiger partial charge in [0.25, 0.3) is 0 Å². The summed E-state index contributed by atoms with van der Waals surface area (Å²) >= 11 is 0. The monoisotopic (exact) mass is 451 g/mol. The fourth-order valence-corrected chi connectivity index (χ4v) is 4.21. The summed E-state index contributed by atoms with van der Waals surface area (Å²) in [6.45, 7) is 1.95. The molecule has 0 aliphatic heterocycles. The molecule has 0 bridgehead atoms. The highest BCUT2D eigenvalue weighted by Gasteiger charge is 2.39. The van der Waals surface area contributed by atoms with Crippen molar-refractivity contribution in [2.24, 2.45) is 5.92 Å². The lowest BCUT2D eigenvalue weighted by Crippen LogP contribution is -2.09. The zero-order valence-electron chi connectivity index (χ0n) is 18.7. The lowest BCUT2D eigenvalue weighted by molar-refractivity contribution is 0.286. The summed E-state index contributed by atoms with van der Waals surface area (Å²) in [5.74, 6) is 2.36. The van der Waals surface area contributed by atoms with Crippen LogP contribution in [0.15, 0.2) is 85.3 Å². The second-order valence-electron chi connectivity index (χ2n) is 8.59. The summed E-state index contributed by atoms with van der Waals surface area (Å²) in [5.41, 5.74) is 4.06. The highest BCUT2D eigenvalue weighted by atomic mass is 16.5. The van der Waals surface area contributed by atoms with Crippen molar-refractivity contribution in [1.82, 2.24) is 29.4 Å². The lowest BCUT2D eigenvalue weighted by Gasteiger charge is -2.11. The van der Waals surface area contributed by atoms with Crippen LogP contribution in [0.3, 0.4) is 0 Å². The second-order valence-corrected chi connectivity index (χ2v) is 8.59. The standard InChI is InChI=1S/C26H25N7O/c1-2-6-19(7-3-1)17-32-13-10-21(31-32)16-28-25-15-26(30-24-9-12-29-33(24)25)34-18-20-14-22(20)23-8-4-5-11-27-23/h1-13,15,20,22,28H,14,16-18H2/t20-,22+/m1/s1. The highest BCUT2D eigenvalue weighted by molar-refractivity contribution is 5.51. The number of rotatable bonds is 9. The lowest BCUT2D eigenvalue weighted by atomic mass is 10.2. The van der Waals surface area contributed by atoms with Crippen molar-refractivity contribution >= 4 is 11.5 Å². The molecular formula is C26H25N7O. The van der Waals surface area contributed by atoms with Crippen molar-refractivity contribution in [1.29, 1.82) is 0 Å².